The Labute approximate surface area is 241 Å². The standard InChI is InChI=1S/C33H36NO6P/c1-34-19-18-33-26-15-17-29(32(33)39-31-28(37-2)16-14-25(30(31)33)21-27(26)34)40-41(35,36)38-20-6-7-22-10-12-24(13-11-22)23-8-4-3-5-9-23/h3-5,8-17,26-27,29,32H,6-7,18-21H2,1-2H3,(H,35,36). The molecule has 7 rings (SSSR count). The molecule has 41 heavy (non-hydrogen) atoms. The SMILES string of the molecule is COc1ccc2c3c1OC1C(OP(=O)(O)OCCCc4ccc(-c5ccccc5)cc4)C=CC4C(C2)N(C)CCC341. The Bertz CT molecular complexity index is 1510. The third-order valence-corrected chi connectivity index (χ3v) is 10.5. The molecule has 6 atom stereocenters. The van der Waals surface area contributed by atoms with Gasteiger partial charge in [-0.3, -0.25) is 9.05 Å². The molecular formula is C33H36NO6P. The molecule has 1 fully saturated rings. The van der Waals surface area contributed by atoms with Gasteiger partial charge in [-0.05, 0) is 67.6 Å². The fourth-order valence-electron chi connectivity index (χ4n) is 7.60. The van der Waals surface area contributed by atoms with E-state index in [2.05, 4.69) is 60.5 Å². The third kappa shape index (κ3) is 4.55. The first-order valence-electron chi connectivity index (χ1n) is 14.5. The van der Waals surface area contributed by atoms with Crippen LogP contribution in [0, 0.1) is 5.92 Å². The molecule has 3 aromatic carbocycles. The van der Waals surface area contributed by atoms with Crippen molar-refractivity contribution < 1.29 is 28.0 Å². The number of phosphoric acid groups is 1. The monoisotopic (exact) mass is 573 g/mol. The molecule has 1 spiro atoms. The van der Waals surface area contributed by atoms with Crippen LogP contribution in [-0.4, -0.2) is 55.4 Å². The average molecular weight is 574 g/mol. The molecule has 0 saturated carbocycles. The topological polar surface area (TPSA) is 77.5 Å². The summed E-state index contributed by atoms with van der Waals surface area (Å²) in [5, 5.41) is 0. The second-order valence-corrected chi connectivity index (χ2v) is 13.1. The second kappa shape index (κ2) is 10.4. The first-order chi connectivity index (χ1) is 19.9. The van der Waals surface area contributed by atoms with Crippen LogP contribution >= 0.6 is 7.82 Å². The lowest BCUT2D eigenvalue weighted by Gasteiger charge is -2.56. The molecule has 0 radical (unpaired) electrons. The number of piperidine rings is 1. The van der Waals surface area contributed by atoms with E-state index in [0.717, 1.165) is 42.7 Å². The molecule has 6 unspecified atom stereocenters. The van der Waals surface area contributed by atoms with E-state index in [0.29, 0.717) is 18.2 Å². The van der Waals surface area contributed by atoms with E-state index in [9.17, 15) is 9.46 Å². The predicted octanol–water partition coefficient (Wildman–Crippen LogP) is 5.94. The normalized spacial score (nSPS) is 29.0. The van der Waals surface area contributed by atoms with Crippen LogP contribution < -0.4 is 9.47 Å². The lowest BCUT2D eigenvalue weighted by molar-refractivity contribution is -0.0461. The first-order valence-corrected chi connectivity index (χ1v) is 15.9. The molecule has 4 aliphatic rings. The van der Waals surface area contributed by atoms with Crippen LogP contribution in [0.25, 0.3) is 11.1 Å². The minimum Gasteiger partial charge on any atom is -0.493 e. The van der Waals surface area contributed by atoms with E-state index in [1.165, 1.54) is 16.7 Å². The number of hydrogen-bond donors (Lipinski definition) is 1. The highest BCUT2D eigenvalue weighted by Gasteiger charge is 2.65. The summed E-state index contributed by atoms with van der Waals surface area (Å²) in [7, 11) is -0.496. The molecule has 2 heterocycles. The number of ether oxygens (including phenoxy) is 2. The van der Waals surface area contributed by atoms with Gasteiger partial charge in [0, 0.05) is 22.9 Å². The zero-order valence-corrected chi connectivity index (χ0v) is 24.3. The minimum atomic E-state index is -4.33. The third-order valence-electron chi connectivity index (χ3n) is 9.52. The van der Waals surface area contributed by atoms with E-state index in [1.807, 2.05) is 30.3 Å². The number of hydrogen-bond acceptors (Lipinski definition) is 6. The van der Waals surface area contributed by atoms with E-state index in [1.54, 1.807) is 7.11 Å². The zero-order valence-electron chi connectivity index (χ0n) is 23.4. The van der Waals surface area contributed by atoms with E-state index in [-0.39, 0.29) is 17.9 Å². The molecular weight excluding hydrogens is 537 g/mol. The van der Waals surface area contributed by atoms with Crippen LogP contribution in [-0.2, 0) is 31.9 Å². The number of likely N-dealkylation sites (N-methyl/N-ethyl adjacent to an activating group) is 1. The molecule has 8 heteroatoms. The van der Waals surface area contributed by atoms with Crippen molar-refractivity contribution in [3.8, 4) is 22.6 Å². The fraction of sp³-hybridized carbons (Fsp3) is 0.394. The van der Waals surface area contributed by atoms with Crippen molar-refractivity contribution in [3.63, 3.8) is 0 Å². The van der Waals surface area contributed by atoms with E-state index in [4.69, 9.17) is 18.5 Å². The number of nitrogens with zero attached hydrogens (tertiary/aromatic N) is 1. The predicted molar refractivity (Wildman–Crippen MR) is 157 cm³/mol. The van der Waals surface area contributed by atoms with Gasteiger partial charge in [0.05, 0.1) is 13.7 Å². The van der Waals surface area contributed by atoms with Gasteiger partial charge in [0.15, 0.2) is 11.5 Å². The molecule has 1 saturated heterocycles. The first kappa shape index (κ1) is 26.9. The summed E-state index contributed by atoms with van der Waals surface area (Å²) in [5.41, 5.74) is 5.64. The van der Waals surface area contributed by atoms with Gasteiger partial charge in [0.2, 0.25) is 0 Å². The van der Waals surface area contributed by atoms with Crippen molar-refractivity contribution in [1.29, 1.82) is 0 Å². The summed E-state index contributed by atoms with van der Waals surface area (Å²) in [6.07, 6.45) is 6.12. The maximum absolute atomic E-state index is 13.2. The van der Waals surface area contributed by atoms with Crippen molar-refractivity contribution in [3.05, 3.63) is 95.6 Å². The highest BCUT2D eigenvalue weighted by molar-refractivity contribution is 7.47. The second-order valence-electron chi connectivity index (χ2n) is 11.7. The Morgan fingerprint density at radius 3 is 2.61 bits per heavy atom. The van der Waals surface area contributed by atoms with Crippen LogP contribution in [0.1, 0.15) is 29.5 Å². The summed E-state index contributed by atoms with van der Waals surface area (Å²) in [6, 6.07) is 23.1. The maximum atomic E-state index is 13.2. The van der Waals surface area contributed by atoms with Crippen LogP contribution in [0.2, 0.25) is 0 Å². The molecule has 2 aliphatic carbocycles. The number of aryl methyl sites for hydroxylation is 1. The molecule has 1 N–H and O–H groups in total. The van der Waals surface area contributed by atoms with Crippen LogP contribution in [0.4, 0.5) is 0 Å². The van der Waals surface area contributed by atoms with Gasteiger partial charge >= 0.3 is 7.82 Å². The lowest BCUT2D eigenvalue weighted by atomic mass is 9.53. The van der Waals surface area contributed by atoms with Crippen molar-refractivity contribution in [2.75, 3.05) is 27.3 Å². The van der Waals surface area contributed by atoms with Crippen molar-refractivity contribution in [1.82, 2.24) is 4.90 Å². The van der Waals surface area contributed by atoms with Crippen LogP contribution in [0.3, 0.4) is 0 Å². The maximum Gasteiger partial charge on any atom is 0.472 e. The molecule has 2 bridgehead atoms. The Balaban J connectivity index is 1.03. The molecule has 2 aliphatic heterocycles. The Hall–Kier alpha value is -2.93. The summed E-state index contributed by atoms with van der Waals surface area (Å²) >= 11 is 0. The average Bonchev–Trinajstić information content (AvgIpc) is 3.34. The molecule has 0 aromatic heterocycles. The van der Waals surface area contributed by atoms with Crippen LogP contribution in [0.5, 0.6) is 11.5 Å². The summed E-state index contributed by atoms with van der Waals surface area (Å²) in [6.45, 7) is 1.05. The fourth-order valence-corrected chi connectivity index (χ4v) is 8.50. The van der Waals surface area contributed by atoms with Gasteiger partial charge in [-0.2, -0.15) is 0 Å². The van der Waals surface area contributed by atoms with Gasteiger partial charge in [-0.15, -0.1) is 0 Å². The van der Waals surface area contributed by atoms with Crippen molar-refractivity contribution in [2.24, 2.45) is 5.92 Å². The highest BCUT2D eigenvalue weighted by Crippen LogP contribution is 2.63. The molecule has 3 aromatic rings. The molecule has 214 valence electrons. The molecule has 0 amide bonds. The largest absolute Gasteiger partial charge is 0.493 e. The van der Waals surface area contributed by atoms with Crippen molar-refractivity contribution >= 4 is 7.82 Å². The Kier molecular flexibility index (Phi) is 6.84. The molecule has 7 nitrogen and oxygen atoms in total. The smallest absolute Gasteiger partial charge is 0.472 e. The summed E-state index contributed by atoms with van der Waals surface area (Å²) < 4.78 is 36.8. The number of phosphoric ester groups is 1. The number of rotatable bonds is 9. The van der Waals surface area contributed by atoms with Gasteiger partial charge in [-0.25, -0.2) is 4.57 Å². The number of methoxy groups -OCH3 is 1. The minimum absolute atomic E-state index is 0.120. The summed E-state index contributed by atoms with van der Waals surface area (Å²) in [4.78, 5) is 13.2. The van der Waals surface area contributed by atoms with Gasteiger partial charge in [0.25, 0.3) is 0 Å². The highest BCUT2D eigenvalue weighted by atomic mass is 31.2. The van der Waals surface area contributed by atoms with Crippen molar-refractivity contribution in [2.45, 2.75) is 49.3 Å². The lowest BCUT2D eigenvalue weighted by Crippen LogP contribution is -2.65. The van der Waals surface area contributed by atoms with Gasteiger partial charge < -0.3 is 19.3 Å². The van der Waals surface area contributed by atoms with Crippen LogP contribution in [0.15, 0.2) is 78.9 Å². The Morgan fingerprint density at radius 1 is 1.05 bits per heavy atom. The van der Waals surface area contributed by atoms with Gasteiger partial charge in [-0.1, -0.05) is 72.8 Å². The zero-order chi connectivity index (χ0) is 28.2. The van der Waals surface area contributed by atoms with Gasteiger partial charge in [0.1, 0.15) is 12.2 Å². The van der Waals surface area contributed by atoms with E-state index < -0.39 is 20.0 Å². The summed E-state index contributed by atoms with van der Waals surface area (Å²) in [5.74, 6) is 1.69. The van der Waals surface area contributed by atoms with E-state index >= 15 is 0 Å². The quantitative estimate of drug-likeness (QED) is 0.193. The number of likely N-dealkylation sites (tertiary alicyclic amines) is 1. The number of benzene rings is 3. The Morgan fingerprint density at radius 2 is 1.83 bits per heavy atom.